The van der Waals surface area contributed by atoms with Crippen molar-refractivity contribution in [3.63, 3.8) is 0 Å². The van der Waals surface area contributed by atoms with Gasteiger partial charge in [-0.1, -0.05) is 0 Å². The number of aromatic nitrogens is 4. The van der Waals surface area contributed by atoms with Crippen LogP contribution in [0.15, 0.2) is 12.3 Å². The maximum Gasteiger partial charge on any atom is 0.421 e. The van der Waals surface area contributed by atoms with Gasteiger partial charge in [0.05, 0.1) is 12.3 Å². The fourth-order valence-corrected chi connectivity index (χ4v) is 2.76. The van der Waals surface area contributed by atoms with Gasteiger partial charge in [0.1, 0.15) is 22.6 Å². The van der Waals surface area contributed by atoms with Gasteiger partial charge in [-0.05, 0) is 13.8 Å². The van der Waals surface area contributed by atoms with Crippen LogP contribution in [0.2, 0.25) is 0 Å². The van der Waals surface area contributed by atoms with Crippen molar-refractivity contribution in [2.24, 2.45) is 7.05 Å². The Morgan fingerprint density at radius 3 is 2.74 bits per heavy atom. The number of aryl methyl sites for hydroxylation is 1. The van der Waals surface area contributed by atoms with Gasteiger partial charge in [0, 0.05) is 32.3 Å². The van der Waals surface area contributed by atoms with Crippen molar-refractivity contribution >= 4 is 23.6 Å². The minimum atomic E-state index is -4.56. The Morgan fingerprint density at radius 2 is 2.15 bits per heavy atom. The lowest BCUT2D eigenvalue weighted by Crippen LogP contribution is -2.28. The SMILES string of the molecule is CCNc1nc(Nc2cc([C@@]3(C)CCOC3=O)nn2C)ncc1C(F)(F)F. The first-order valence-corrected chi connectivity index (χ1v) is 8.32. The molecule has 0 saturated carbocycles. The van der Waals surface area contributed by atoms with Crippen LogP contribution in [0.1, 0.15) is 31.5 Å². The zero-order valence-electron chi connectivity index (χ0n) is 15.0. The maximum absolute atomic E-state index is 13.1. The second kappa shape index (κ2) is 6.71. The highest BCUT2D eigenvalue weighted by Crippen LogP contribution is 2.36. The Kier molecular flexibility index (Phi) is 4.70. The zero-order valence-corrected chi connectivity index (χ0v) is 15.0. The van der Waals surface area contributed by atoms with Gasteiger partial charge in [0.25, 0.3) is 0 Å². The fourth-order valence-electron chi connectivity index (χ4n) is 2.76. The van der Waals surface area contributed by atoms with Crippen LogP contribution < -0.4 is 10.6 Å². The average Bonchev–Trinajstić information content (AvgIpc) is 3.11. The predicted octanol–water partition coefficient (Wildman–Crippen LogP) is 2.61. The van der Waals surface area contributed by atoms with Crippen LogP contribution in [-0.4, -0.2) is 38.9 Å². The van der Waals surface area contributed by atoms with E-state index in [-0.39, 0.29) is 24.3 Å². The van der Waals surface area contributed by atoms with Crippen LogP contribution in [0.4, 0.5) is 30.8 Å². The smallest absolute Gasteiger partial charge is 0.421 e. The van der Waals surface area contributed by atoms with E-state index < -0.39 is 17.2 Å². The molecule has 3 heterocycles. The van der Waals surface area contributed by atoms with E-state index in [9.17, 15) is 18.0 Å². The molecule has 0 aliphatic carbocycles. The van der Waals surface area contributed by atoms with Crippen molar-refractivity contribution in [2.75, 3.05) is 23.8 Å². The van der Waals surface area contributed by atoms with Crippen LogP contribution in [-0.2, 0) is 28.2 Å². The third kappa shape index (κ3) is 3.53. The third-order valence-electron chi connectivity index (χ3n) is 4.41. The van der Waals surface area contributed by atoms with Crippen LogP contribution in [0.3, 0.4) is 0 Å². The van der Waals surface area contributed by atoms with Crippen molar-refractivity contribution in [3.05, 3.63) is 23.5 Å². The molecule has 8 nitrogen and oxygen atoms in total. The molecule has 11 heteroatoms. The number of ether oxygens (including phenoxy) is 1. The van der Waals surface area contributed by atoms with E-state index in [1.165, 1.54) is 4.68 Å². The van der Waals surface area contributed by atoms with Gasteiger partial charge in [-0.2, -0.15) is 23.3 Å². The molecule has 27 heavy (non-hydrogen) atoms. The lowest BCUT2D eigenvalue weighted by Gasteiger charge is -2.14. The number of alkyl halides is 3. The molecular weight excluding hydrogens is 365 g/mol. The first-order chi connectivity index (χ1) is 12.6. The number of carbonyl (C=O) groups is 1. The van der Waals surface area contributed by atoms with Gasteiger partial charge in [-0.3, -0.25) is 9.48 Å². The van der Waals surface area contributed by atoms with Crippen LogP contribution in [0, 0.1) is 0 Å². The number of nitrogens with zero attached hydrogens (tertiary/aromatic N) is 4. The number of esters is 1. The Hall–Kier alpha value is -2.85. The normalized spacial score (nSPS) is 19.9. The number of rotatable bonds is 5. The first kappa shape index (κ1) is 18.9. The molecule has 1 saturated heterocycles. The Labute approximate surface area is 153 Å². The van der Waals surface area contributed by atoms with Gasteiger partial charge in [-0.15, -0.1) is 0 Å². The standard InChI is InChI=1S/C16H19F3N6O2/c1-4-20-12-9(16(17,18)19)8-21-14(23-12)22-11-7-10(24-25(11)3)15(2)5-6-27-13(15)26/h7-8H,4-6H2,1-3H3,(H2,20,21,22,23)/t15-/m1/s1. The average molecular weight is 384 g/mol. The molecule has 1 aliphatic heterocycles. The summed E-state index contributed by atoms with van der Waals surface area (Å²) in [5.74, 6) is -0.246. The van der Waals surface area contributed by atoms with Crippen molar-refractivity contribution in [1.29, 1.82) is 0 Å². The molecule has 0 amide bonds. The summed E-state index contributed by atoms with van der Waals surface area (Å²) in [7, 11) is 1.64. The molecule has 1 fully saturated rings. The van der Waals surface area contributed by atoms with Crippen molar-refractivity contribution < 1.29 is 22.7 Å². The predicted molar refractivity (Wildman–Crippen MR) is 90.6 cm³/mol. The molecule has 3 rings (SSSR count). The van der Waals surface area contributed by atoms with Gasteiger partial charge in [0.2, 0.25) is 5.95 Å². The monoisotopic (exact) mass is 384 g/mol. The molecule has 2 N–H and O–H groups in total. The zero-order chi connectivity index (χ0) is 19.8. The molecule has 0 radical (unpaired) electrons. The molecule has 0 aromatic carbocycles. The van der Waals surface area contributed by atoms with Crippen LogP contribution in [0.5, 0.6) is 0 Å². The first-order valence-electron chi connectivity index (χ1n) is 8.32. The summed E-state index contributed by atoms with van der Waals surface area (Å²) in [4.78, 5) is 19.7. The number of hydrogen-bond acceptors (Lipinski definition) is 7. The van der Waals surface area contributed by atoms with E-state index >= 15 is 0 Å². The van der Waals surface area contributed by atoms with Crippen molar-refractivity contribution in [3.8, 4) is 0 Å². The quantitative estimate of drug-likeness (QED) is 0.766. The summed E-state index contributed by atoms with van der Waals surface area (Å²) in [5.41, 5.74) is -1.29. The molecule has 2 aromatic heterocycles. The lowest BCUT2D eigenvalue weighted by atomic mass is 9.85. The molecular formula is C16H19F3N6O2. The Balaban J connectivity index is 1.90. The van der Waals surface area contributed by atoms with Crippen LogP contribution in [0.25, 0.3) is 0 Å². The number of anilines is 3. The third-order valence-corrected chi connectivity index (χ3v) is 4.41. The van der Waals surface area contributed by atoms with E-state index in [1.807, 2.05) is 0 Å². The summed E-state index contributed by atoms with van der Waals surface area (Å²) in [6, 6.07) is 1.64. The molecule has 0 spiro atoms. The van der Waals surface area contributed by atoms with Gasteiger partial charge < -0.3 is 15.4 Å². The molecule has 0 bridgehead atoms. The lowest BCUT2D eigenvalue weighted by molar-refractivity contribution is -0.142. The van der Waals surface area contributed by atoms with Crippen molar-refractivity contribution in [1.82, 2.24) is 19.7 Å². The van der Waals surface area contributed by atoms with Crippen molar-refractivity contribution in [2.45, 2.75) is 31.9 Å². The summed E-state index contributed by atoms with van der Waals surface area (Å²) in [5, 5.41) is 9.76. The van der Waals surface area contributed by atoms with E-state index in [2.05, 4.69) is 25.7 Å². The molecule has 1 atom stereocenters. The largest absolute Gasteiger partial charge is 0.465 e. The minimum Gasteiger partial charge on any atom is -0.465 e. The molecule has 146 valence electrons. The highest BCUT2D eigenvalue weighted by Gasteiger charge is 2.44. The topological polar surface area (TPSA) is 94.0 Å². The summed E-state index contributed by atoms with van der Waals surface area (Å²) in [6.45, 7) is 4.01. The summed E-state index contributed by atoms with van der Waals surface area (Å²) < 4.78 is 45.7. The van der Waals surface area contributed by atoms with Crippen LogP contribution >= 0.6 is 0 Å². The van der Waals surface area contributed by atoms with E-state index in [0.29, 0.717) is 24.5 Å². The maximum atomic E-state index is 13.1. The van der Waals surface area contributed by atoms with Gasteiger partial charge in [0.15, 0.2) is 0 Å². The Morgan fingerprint density at radius 1 is 1.41 bits per heavy atom. The van der Waals surface area contributed by atoms with Gasteiger partial charge in [-0.25, -0.2) is 4.98 Å². The van der Waals surface area contributed by atoms with E-state index in [1.54, 1.807) is 27.0 Å². The second-order valence-electron chi connectivity index (χ2n) is 6.37. The Bertz CT molecular complexity index is 866. The second-order valence-corrected chi connectivity index (χ2v) is 6.37. The highest BCUT2D eigenvalue weighted by atomic mass is 19.4. The fraction of sp³-hybridized carbons (Fsp3) is 0.500. The summed E-state index contributed by atoms with van der Waals surface area (Å²) >= 11 is 0. The minimum absolute atomic E-state index is 0.0207. The number of hydrogen-bond donors (Lipinski definition) is 2. The van der Waals surface area contributed by atoms with Gasteiger partial charge >= 0.3 is 12.1 Å². The number of carbonyl (C=O) groups excluding carboxylic acids is 1. The van der Waals surface area contributed by atoms with E-state index in [4.69, 9.17) is 4.74 Å². The molecule has 0 unspecified atom stereocenters. The molecule has 2 aromatic rings. The number of halogens is 3. The highest BCUT2D eigenvalue weighted by molar-refractivity contribution is 5.84. The number of nitrogens with one attached hydrogen (secondary N) is 2. The van der Waals surface area contributed by atoms with E-state index in [0.717, 1.165) is 6.20 Å². The summed E-state index contributed by atoms with van der Waals surface area (Å²) in [6.07, 6.45) is -3.34. The number of cyclic esters (lactones) is 1. The molecule has 1 aliphatic rings.